The number of hydrogen-bond acceptors (Lipinski definition) is 5. The van der Waals surface area contributed by atoms with Crippen molar-refractivity contribution in [2.24, 2.45) is 5.92 Å². The van der Waals surface area contributed by atoms with Gasteiger partial charge in [-0.3, -0.25) is 0 Å². The quantitative estimate of drug-likeness (QED) is 0.855. The minimum atomic E-state index is 0.651. The van der Waals surface area contributed by atoms with Crippen molar-refractivity contribution in [1.82, 2.24) is 25.3 Å². The van der Waals surface area contributed by atoms with Crippen LogP contribution in [0.3, 0.4) is 0 Å². The summed E-state index contributed by atoms with van der Waals surface area (Å²) in [5.41, 5.74) is 0. The van der Waals surface area contributed by atoms with Gasteiger partial charge in [-0.1, -0.05) is 25.2 Å². The van der Waals surface area contributed by atoms with Gasteiger partial charge in [-0.05, 0) is 18.5 Å². The minimum Gasteiger partial charge on any atom is -0.310 e. The van der Waals surface area contributed by atoms with E-state index in [1.165, 1.54) is 0 Å². The second-order valence-corrected chi connectivity index (χ2v) is 4.99. The first-order valence-corrected chi connectivity index (χ1v) is 6.10. The lowest BCUT2D eigenvalue weighted by atomic mass is 10.2. The molecule has 0 bridgehead atoms. The van der Waals surface area contributed by atoms with Crippen LogP contribution >= 0.6 is 11.3 Å². The molecule has 0 aliphatic heterocycles. The molecule has 2 rings (SSSR count). The zero-order valence-corrected chi connectivity index (χ0v) is 10.2. The summed E-state index contributed by atoms with van der Waals surface area (Å²) in [6.45, 7) is 6.14. The molecule has 0 saturated heterocycles. The molecule has 0 fully saturated rings. The summed E-state index contributed by atoms with van der Waals surface area (Å²) in [7, 11) is 0. The minimum absolute atomic E-state index is 0.651. The molecule has 0 unspecified atom stereocenters. The topological polar surface area (TPSA) is 55.6 Å². The van der Waals surface area contributed by atoms with E-state index in [9.17, 15) is 0 Å². The van der Waals surface area contributed by atoms with Gasteiger partial charge >= 0.3 is 0 Å². The van der Waals surface area contributed by atoms with Crippen molar-refractivity contribution in [1.29, 1.82) is 0 Å². The summed E-state index contributed by atoms with van der Waals surface area (Å²) in [6, 6.07) is 1.87. The zero-order valence-electron chi connectivity index (χ0n) is 9.42. The average Bonchev–Trinajstić information content (AvgIpc) is 2.85. The molecule has 0 aromatic carbocycles. The molecular formula is C10H15N5S. The van der Waals surface area contributed by atoms with Gasteiger partial charge in [0.15, 0.2) is 0 Å². The van der Waals surface area contributed by atoms with Gasteiger partial charge < -0.3 is 5.32 Å². The number of nitrogens with zero attached hydrogens (tertiary/aromatic N) is 4. The van der Waals surface area contributed by atoms with Crippen LogP contribution in [-0.4, -0.2) is 26.5 Å². The Labute approximate surface area is 98.5 Å². The van der Waals surface area contributed by atoms with Crippen molar-refractivity contribution in [3.05, 3.63) is 23.5 Å². The van der Waals surface area contributed by atoms with Crippen LogP contribution in [0.1, 0.15) is 18.9 Å². The predicted molar refractivity (Wildman–Crippen MR) is 63.6 cm³/mol. The van der Waals surface area contributed by atoms with Crippen LogP contribution in [0.5, 0.6) is 0 Å². The van der Waals surface area contributed by atoms with Gasteiger partial charge in [-0.25, -0.2) is 4.68 Å². The Morgan fingerprint density at radius 3 is 3.00 bits per heavy atom. The first-order chi connectivity index (χ1) is 7.75. The molecule has 2 aromatic rings. The smallest absolute Gasteiger partial charge is 0.232 e. The molecule has 0 spiro atoms. The monoisotopic (exact) mass is 237 g/mol. The van der Waals surface area contributed by atoms with E-state index in [2.05, 4.69) is 34.5 Å². The van der Waals surface area contributed by atoms with Crippen LogP contribution in [0.15, 0.2) is 18.5 Å². The molecule has 16 heavy (non-hydrogen) atoms. The molecule has 2 aromatic heterocycles. The van der Waals surface area contributed by atoms with Gasteiger partial charge in [-0.15, -0.1) is 10.2 Å². The lowest BCUT2D eigenvalue weighted by molar-refractivity contribution is 0.550. The fourth-order valence-electron chi connectivity index (χ4n) is 1.26. The highest BCUT2D eigenvalue weighted by Gasteiger charge is 2.05. The van der Waals surface area contributed by atoms with Crippen molar-refractivity contribution < 1.29 is 0 Å². The van der Waals surface area contributed by atoms with Crippen LogP contribution in [-0.2, 0) is 6.54 Å². The summed E-state index contributed by atoms with van der Waals surface area (Å²) >= 11 is 1.56. The molecule has 0 radical (unpaired) electrons. The third-order valence-corrected chi connectivity index (χ3v) is 2.90. The Balaban J connectivity index is 1.93. The molecule has 1 N–H and O–H groups in total. The molecule has 0 aliphatic carbocycles. The SMILES string of the molecule is CC(C)CNCc1nnc(-n2cccn2)s1. The van der Waals surface area contributed by atoms with E-state index in [-0.39, 0.29) is 0 Å². The third kappa shape index (κ3) is 2.86. The molecule has 0 aliphatic rings. The van der Waals surface area contributed by atoms with Crippen LogP contribution in [0, 0.1) is 5.92 Å². The van der Waals surface area contributed by atoms with Crippen molar-refractivity contribution >= 4 is 11.3 Å². The van der Waals surface area contributed by atoms with Crippen molar-refractivity contribution in [2.75, 3.05) is 6.54 Å². The van der Waals surface area contributed by atoms with E-state index in [1.807, 2.05) is 12.3 Å². The highest BCUT2D eigenvalue weighted by Crippen LogP contribution is 2.13. The number of aromatic nitrogens is 4. The summed E-state index contributed by atoms with van der Waals surface area (Å²) in [4.78, 5) is 0. The van der Waals surface area contributed by atoms with Gasteiger partial charge in [0.2, 0.25) is 5.13 Å². The zero-order chi connectivity index (χ0) is 11.4. The van der Waals surface area contributed by atoms with E-state index >= 15 is 0 Å². The standard InChI is InChI=1S/C10H15N5S/c1-8(2)6-11-7-9-13-14-10(16-9)15-5-3-4-12-15/h3-5,8,11H,6-7H2,1-2H3. The van der Waals surface area contributed by atoms with Crippen LogP contribution in [0.2, 0.25) is 0 Å². The molecule has 2 heterocycles. The van der Waals surface area contributed by atoms with Crippen molar-refractivity contribution in [3.63, 3.8) is 0 Å². The molecule has 6 heteroatoms. The molecule has 5 nitrogen and oxygen atoms in total. The van der Waals surface area contributed by atoms with Crippen LogP contribution in [0.4, 0.5) is 0 Å². The van der Waals surface area contributed by atoms with E-state index in [4.69, 9.17) is 0 Å². The second kappa shape index (κ2) is 5.18. The van der Waals surface area contributed by atoms with Gasteiger partial charge in [-0.2, -0.15) is 5.10 Å². The summed E-state index contributed by atoms with van der Waals surface area (Å²) < 4.78 is 1.73. The van der Waals surface area contributed by atoms with E-state index in [1.54, 1.807) is 22.2 Å². The van der Waals surface area contributed by atoms with Gasteiger partial charge in [0, 0.05) is 18.9 Å². The lowest BCUT2D eigenvalue weighted by Gasteiger charge is -2.03. The largest absolute Gasteiger partial charge is 0.310 e. The van der Waals surface area contributed by atoms with Crippen molar-refractivity contribution in [2.45, 2.75) is 20.4 Å². The molecule has 0 saturated carbocycles. The predicted octanol–water partition coefficient (Wildman–Crippen LogP) is 1.47. The Morgan fingerprint density at radius 2 is 2.31 bits per heavy atom. The Bertz CT molecular complexity index is 420. The van der Waals surface area contributed by atoms with Crippen LogP contribution in [0.25, 0.3) is 5.13 Å². The van der Waals surface area contributed by atoms with Gasteiger partial charge in [0.25, 0.3) is 0 Å². The highest BCUT2D eigenvalue weighted by atomic mass is 32.1. The molecule has 86 valence electrons. The first-order valence-electron chi connectivity index (χ1n) is 5.29. The maximum Gasteiger partial charge on any atom is 0.232 e. The number of rotatable bonds is 5. The Hall–Kier alpha value is -1.27. The fourth-order valence-corrected chi connectivity index (χ4v) is 2.01. The Morgan fingerprint density at radius 1 is 1.44 bits per heavy atom. The Kier molecular flexibility index (Phi) is 3.63. The number of nitrogens with one attached hydrogen (secondary N) is 1. The fraction of sp³-hybridized carbons (Fsp3) is 0.500. The summed E-state index contributed by atoms with van der Waals surface area (Å²) in [5.74, 6) is 0.651. The molecular weight excluding hydrogens is 222 g/mol. The normalized spacial score (nSPS) is 11.2. The first kappa shape index (κ1) is 11.2. The van der Waals surface area contributed by atoms with E-state index < -0.39 is 0 Å². The highest BCUT2D eigenvalue weighted by molar-refractivity contribution is 7.13. The van der Waals surface area contributed by atoms with Gasteiger partial charge in [0.05, 0.1) is 0 Å². The van der Waals surface area contributed by atoms with Gasteiger partial charge in [0.1, 0.15) is 5.01 Å². The summed E-state index contributed by atoms with van der Waals surface area (Å²) in [6.07, 6.45) is 3.60. The maximum atomic E-state index is 4.11. The number of hydrogen-bond donors (Lipinski definition) is 1. The summed E-state index contributed by atoms with van der Waals surface area (Å²) in [5, 5.41) is 17.5. The lowest BCUT2D eigenvalue weighted by Crippen LogP contribution is -2.18. The van der Waals surface area contributed by atoms with Crippen LogP contribution < -0.4 is 5.32 Å². The third-order valence-electron chi connectivity index (χ3n) is 1.99. The van der Waals surface area contributed by atoms with E-state index in [0.717, 1.165) is 23.2 Å². The van der Waals surface area contributed by atoms with Crippen molar-refractivity contribution in [3.8, 4) is 5.13 Å². The average molecular weight is 237 g/mol. The second-order valence-electron chi connectivity index (χ2n) is 3.95. The molecule has 0 atom stereocenters. The maximum absolute atomic E-state index is 4.11. The van der Waals surface area contributed by atoms with E-state index in [0.29, 0.717) is 5.92 Å². The molecule has 0 amide bonds.